The summed E-state index contributed by atoms with van der Waals surface area (Å²) >= 11 is 0. The van der Waals surface area contributed by atoms with Crippen LogP contribution in [-0.2, 0) is 9.59 Å². The van der Waals surface area contributed by atoms with E-state index in [4.69, 9.17) is 9.84 Å². The molecule has 0 aliphatic rings. The van der Waals surface area contributed by atoms with Crippen LogP contribution in [0, 0.1) is 5.82 Å². The number of nitrogens with zero attached hydrogens (tertiary/aromatic N) is 1. The number of carbonyl (C=O) groups excluding carboxylic acids is 1. The van der Waals surface area contributed by atoms with Gasteiger partial charge in [-0.15, -0.1) is 0 Å². The molecule has 0 spiro atoms. The molecule has 0 unspecified atom stereocenters. The van der Waals surface area contributed by atoms with E-state index in [0.717, 1.165) is 12.1 Å². The van der Waals surface area contributed by atoms with Crippen molar-refractivity contribution in [2.75, 3.05) is 20.7 Å². The van der Waals surface area contributed by atoms with E-state index in [1.54, 1.807) is 14.1 Å². The van der Waals surface area contributed by atoms with E-state index < -0.39 is 11.8 Å². The van der Waals surface area contributed by atoms with E-state index in [9.17, 15) is 14.0 Å². The predicted molar refractivity (Wildman–Crippen MR) is 67.3 cm³/mol. The Labute approximate surface area is 109 Å². The zero-order chi connectivity index (χ0) is 14.4. The maximum atomic E-state index is 13.6. The fourth-order valence-electron chi connectivity index (χ4n) is 1.17. The summed E-state index contributed by atoms with van der Waals surface area (Å²) in [6.07, 6.45) is 2.17. The Balaban J connectivity index is 2.72. The summed E-state index contributed by atoms with van der Waals surface area (Å²) in [5.74, 6) is -2.10. The molecular formula is C13H14FNO4. The molecule has 1 aromatic carbocycles. The van der Waals surface area contributed by atoms with Gasteiger partial charge in [-0.25, -0.2) is 9.18 Å². The lowest BCUT2D eigenvalue weighted by Gasteiger charge is -2.11. The summed E-state index contributed by atoms with van der Waals surface area (Å²) in [6.45, 7) is -0.256. The number of aliphatic carboxylic acids is 1. The summed E-state index contributed by atoms with van der Waals surface area (Å²) in [4.78, 5) is 22.9. The molecule has 0 atom stereocenters. The number of benzene rings is 1. The average Bonchev–Trinajstić information content (AvgIpc) is 2.34. The molecule has 0 bridgehead atoms. The molecule has 0 fully saturated rings. The van der Waals surface area contributed by atoms with Gasteiger partial charge in [0.1, 0.15) is 0 Å². The van der Waals surface area contributed by atoms with Gasteiger partial charge in [0.2, 0.25) is 0 Å². The normalized spacial score (nSPS) is 10.5. The first kappa shape index (κ1) is 14.7. The highest BCUT2D eigenvalue weighted by Gasteiger charge is 2.08. The van der Waals surface area contributed by atoms with Crippen molar-refractivity contribution in [3.63, 3.8) is 0 Å². The molecule has 0 aliphatic heterocycles. The van der Waals surface area contributed by atoms with Crippen LogP contribution in [-0.4, -0.2) is 42.6 Å². The van der Waals surface area contributed by atoms with Crippen LogP contribution in [0.1, 0.15) is 5.56 Å². The van der Waals surface area contributed by atoms with E-state index in [1.807, 2.05) is 0 Å². The lowest BCUT2D eigenvalue weighted by molar-refractivity contribution is -0.132. The van der Waals surface area contributed by atoms with Gasteiger partial charge in [-0.1, -0.05) is 6.07 Å². The van der Waals surface area contributed by atoms with E-state index >= 15 is 0 Å². The second kappa shape index (κ2) is 6.53. The van der Waals surface area contributed by atoms with Crippen molar-refractivity contribution in [3.8, 4) is 5.75 Å². The van der Waals surface area contributed by atoms with Gasteiger partial charge in [-0.2, -0.15) is 0 Å². The highest BCUT2D eigenvalue weighted by atomic mass is 19.1. The Morgan fingerprint density at radius 2 is 2.11 bits per heavy atom. The van der Waals surface area contributed by atoms with Crippen LogP contribution >= 0.6 is 0 Å². The van der Waals surface area contributed by atoms with E-state index in [0.29, 0.717) is 5.56 Å². The van der Waals surface area contributed by atoms with E-state index in [-0.39, 0.29) is 18.3 Å². The smallest absolute Gasteiger partial charge is 0.328 e. The number of rotatable bonds is 5. The Hall–Kier alpha value is -2.37. The quantitative estimate of drug-likeness (QED) is 0.819. The van der Waals surface area contributed by atoms with Crippen molar-refractivity contribution in [3.05, 3.63) is 35.7 Å². The van der Waals surface area contributed by atoms with Crippen molar-refractivity contribution < 1.29 is 23.8 Å². The van der Waals surface area contributed by atoms with Gasteiger partial charge in [-0.3, -0.25) is 4.79 Å². The summed E-state index contributed by atoms with van der Waals surface area (Å²) in [6, 6.07) is 3.98. The van der Waals surface area contributed by atoms with Gasteiger partial charge in [0.05, 0.1) is 0 Å². The molecule has 0 saturated carbocycles. The lowest BCUT2D eigenvalue weighted by Crippen LogP contribution is -2.27. The van der Waals surface area contributed by atoms with Crippen LogP contribution in [0.5, 0.6) is 5.75 Å². The minimum Gasteiger partial charge on any atom is -0.481 e. The number of hydrogen-bond acceptors (Lipinski definition) is 3. The number of likely N-dealkylation sites (N-methyl/N-ethyl adjacent to an activating group) is 1. The van der Waals surface area contributed by atoms with Crippen molar-refractivity contribution in [2.24, 2.45) is 0 Å². The zero-order valence-corrected chi connectivity index (χ0v) is 10.6. The highest BCUT2D eigenvalue weighted by molar-refractivity contribution is 5.85. The molecule has 1 N–H and O–H groups in total. The Morgan fingerprint density at radius 3 is 2.63 bits per heavy atom. The maximum Gasteiger partial charge on any atom is 0.328 e. The van der Waals surface area contributed by atoms with Gasteiger partial charge < -0.3 is 14.7 Å². The van der Waals surface area contributed by atoms with Crippen LogP contribution in [0.15, 0.2) is 24.3 Å². The monoisotopic (exact) mass is 267 g/mol. The van der Waals surface area contributed by atoms with E-state index in [2.05, 4.69) is 0 Å². The minimum atomic E-state index is -1.11. The molecular weight excluding hydrogens is 253 g/mol. The lowest BCUT2D eigenvalue weighted by atomic mass is 10.2. The molecule has 1 aromatic rings. The first-order chi connectivity index (χ1) is 8.90. The highest BCUT2D eigenvalue weighted by Crippen LogP contribution is 2.19. The van der Waals surface area contributed by atoms with Gasteiger partial charge >= 0.3 is 5.97 Å². The van der Waals surface area contributed by atoms with Gasteiger partial charge in [-0.05, 0) is 23.8 Å². The molecule has 5 nitrogen and oxygen atoms in total. The summed E-state index contributed by atoms with van der Waals surface area (Å²) in [7, 11) is 3.14. The number of halogens is 1. The molecule has 0 aliphatic carbocycles. The predicted octanol–water partition coefficient (Wildman–Crippen LogP) is 1.39. The summed E-state index contributed by atoms with van der Waals surface area (Å²) < 4.78 is 18.6. The van der Waals surface area contributed by atoms with Crippen molar-refractivity contribution in [1.82, 2.24) is 4.90 Å². The second-order valence-corrected chi connectivity index (χ2v) is 3.94. The molecule has 0 saturated heterocycles. The Morgan fingerprint density at radius 1 is 1.42 bits per heavy atom. The number of carboxylic acid groups (broad SMARTS) is 1. The molecule has 102 valence electrons. The number of carboxylic acids is 1. The van der Waals surface area contributed by atoms with Crippen molar-refractivity contribution in [1.29, 1.82) is 0 Å². The number of amides is 1. The topological polar surface area (TPSA) is 66.8 Å². The standard InChI is InChI=1S/C13H14FNO4/c1-15(2)12(16)8-19-11-5-3-9(7-10(11)14)4-6-13(17)18/h3-7H,8H2,1-2H3,(H,17,18)/b6-4+. The SMILES string of the molecule is CN(C)C(=O)COc1ccc(/C=C/C(=O)O)cc1F. The summed E-state index contributed by atoms with van der Waals surface area (Å²) in [5.41, 5.74) is 0.395. The third-order valence-electron chi connectivity index (χ3n) is 2.22. The van der Waals surface area contributed by atoms with Crippen LogP contribution in [0.3, 0.4) is 0 Å². The van der Waals surface area contributed by atoms with Crippen molar-refractivity contribution >= 4 is 18.0 Å². The average molecular weight is 267 g/mol. The summed E-state index contributed by atoms with van der Waals surface area (Å²) in [5, 5.41) is 8.45. The van der Waals surface area contributed by atoms with Crippen molar-refractivity contribution in [2.45, 2.75) is 0 Å². The van der Waals surface area contributed by atoms with E-state index in [1.165, 1.54) is 23.1 Å². The maximum absolute atomic E-state index is 13.6. The minimum absolute atomic E-state index is 0.0531. The van der Waals surface area contributed by atoms with Gasteiger partial charge in [0.25, 0.3) is 5.91 Å². The number of carbonyl (C=O) groups is 2. The molecule has 0 heterocycles. The second-order valence-electron chi connectivity index (χ2n) is 3.94. The number of hydrogen-bond donors (Lipinski definition) is 1. The van der Waals surface area contributed by atoms with Crippen LogP contribution in [0.2, 0.25) is 0 Å². The van der Waals surface area contributed by atoms with Crippen LogP contribution in [0.4, 0.5) is 4.39 Å². The fourth-order valence-corrected chi connectivity index (χ4v) is 1.17. The van der Waals surface area contributed by atoms with Crippen LogP contribution < -0.4 is 4.74 Å². The Bertz CT molecular complexity index is 511. The zero-order valence-electron chi connectivity index (χ0n) is 10.6. The Kier molecular flexibility index (Phi) is 5.05. The largest absolute Gasteiger partial charge is 0.481 e. The molecule has 1 rings (SSSR count). The molecule has 1 amide bonds. The van der Waals surface area contributed by atoms with Crippen LogP contribution in [0.25, 0.3) is 6.08 Å². The first-order valence-corrected chi connectivity index (χ1v) is 5.43. The third kappa shape index (κ3) is 4.79. The molecule has 19 heavy (non-hydrogen) atoms. The fraction of sp³-hybridized carbons (Fsp3) is 0.231. The molecule has 0 radical (unpaired) electrons. The van der Waals surface area contributed by atoms with Gasteiger partial charge in [0, 0.05) is 20.2 Å². The third-order valence-corrected chi connectivity index (χ3v) is 2.22. The molecule has 0 aromatic heterocycles. The van der Waals surface area contributed by atoms with Gasteiger partial charge in [0.15, 0.2) is 18.2 Å². The first-order valence-electron chi connectivity index (χ1n) is 5.43. The molecule has 6 heteroatoms. The number of ether oxygens (including phenoxy) is 1.